The first kappa shape index (κ1) is 17.8. The molecule has 0 saturated carbocycles. The number of nitrogens with one attached hydrogen (secondary N) is 1. The number of aryl methyl sites for hydroxylation is 1. The molecular formula is C22H23NO3. The molecule has 0 bridgehead atoms. The molecule has 0 aromatic heterocycles. The van der Waals surface area contributed by atoms with Crippen molar-refractivity contribution in [3.63, 3.8) is 0 Å². The SMILES string of the molecule is COc1ccccc1CCCNC(=O)c1cc2ccccc2cc1OC. The third-order valence-corrected chi connectivity index (χ3v) is 4.41. The zero-order chi connectivity index (χ0) is 18.4. The molecule has 134 valence electrons. The molecule has 0 spiro atoms. The summed E-state index contributed by atoms with van der Waals surface area (Å²) in [5, 5.41) is 5.06. The Hall–Kier alpha value is -3.01. The zero-order valence-corrected chi connectivity index (χ0v) is 15.1. The van der Waals surface area contributed by atoms with Crippen LogP contribution >= 0.6 is 0 Å². The van der Waals surface area contributed by atoms with Gasteiger partial charge in [0.25, 0.3) is 5.91 Å². The van der Waals surface area contributed by atoms with Crippen LogP contribution in [0.2, 0.25) is 0 Å². The van der Waals surface area contributed by atoms with Crippen molar-refractivity contribution in [3.05, 3.63) is 71.8 Å². The summed E-state index contributed by atoms with van der Waals surface area (Å²) in [6.07, 6.45) is 1.68. The minimum Gasteiger partial charge on any atom is -0.496 e. The van der Waals surface area contributed by atoms with Crippen LogP contribution in [0.15, 0.2) is 60.7 Å². The van der Waals surface area contributed by atoms with Gasteiger partial charge in [0.15, 0.2) is 0 Å². The van der Waals surface area contributed by atoms with Gasteiger partial charge in [-0.05, 0) is 47.4 Å². The molecular weight excluding hydrogens is 326 g/mol. The van der Waals surface area contributed by atoms with E-state index in [0.717, 1.165) is 34.9 Å². The first-order valence-corrected chi connectivity index (χ1v) is 8.70. The number of carbonyl (C=O) groups is 1. The highest BCUT2D eigenvalue weighted by atomic mass is 16.5. The highest BCUT2D eigenvalue weighted by molar-refractivity contribution is 6.01. The number of hydrogen-bond donors (Lipinski definition) is 1. The van der Waals surface area contributed by atoms with E-state index in [2.05, 4.69) is 5.32 Å². The van der Waals surface area contributed by atoms with Crippen LogP contribution in [0.3, 0.4) is 0 Å². The lowest BCUT2D eigenvalue weighted by atomic mass is 10.0. The van der Waals surface area contributed by atoms with Crippen molar-refractivity contribution in [2.75, 3.05) is 20.8 Å². The second-order valence-electron chi connectivity index (χ2n) is 6.07. The van der Waals surface area contributed by atoms with Gasteiger partial charge in [-0.1, -0.05) is 42.5 Å². The molecule has 4 nitrogen and oxygen atoms in total. The Morgan fingerprint density at radius 3 is 2.27 bits per heavy atom. The van der Waals surface area contributed by atoms with Gasteiger partial charge in [0.1, 0.15) is 11.5 Å². The van der Waals surface area contributed by atoms with E-state index in [-0.39, 0.29) is 5.91 Å². The number of ether oxygens (including phenoxy) is 2. The molecule has 0 aliphatic carbocycles. The van der Waals surface area contributed by atoms with E-state index in [9.17, 15) is 4.79 Å². The van der Waals surface area contributed by atoms with Crippen LogP contribution in [0.25, 0.3) is 10.8 Å². The maximum absolute atomic E-state index is 12.6. The van der Waals surface area contributed by atoms with Crippen LogP contribution in [-0.2, 0) is 6.42 Å². The minimum absolute atomic E-state index is 0.118. The van der Waals surface area contributed by atoms with E-state index < -0.39 is 0 Å². The summed E-state index contributed by atoms with van der Waals surface area (Å²) >= 11 is 0. The van der Waals surface area contributed by atoms with Gasteiger partial charge in [-0.25, -0.2) is 0 Å². The Morgan fingerprint density at radius 2 is 1.54 bits per heavy atom. The summed E-state index contributed by atoms with van der Waals surface area (Å²) < 4.78 is 10.8. The molecule has 0 fully saturated rings. The van der Waals surface area contributed by atoms with Gasteiger partial charge in [-0.3, -0.25) is 4.79 Å². The summed E-state index contributed by atoms with van der Waals surface area (Å²) in [5.74, 6) is 1.36. The van der Waals surface area contributed by atoms with Gasteiger partial charge in [0.05, 0.1) is 19.8 Å². The predicted octanol–water partition coefficient (Wildman–Crippen LogP) is 4.22. The molecule has 0 saturated heterocycles. The Bertz CT molecular complexity index is 905. The minimum atomic E-state index is -0.118. The Labute approximate surface area is 153 Å². The van der Waals surface area contributed by atoms with Crippen molar-refractivity contribution >= 4 is 16.7 Å². The van der Waals surface area contributed by atoms with Crippen molar-refractivity contribution in [3.8, 4) is 11.5 Å². The number of amides is 1. The van der Waals surface area contributed by atoms with E-state index in [1.165, 1.54) is 0 Å². The van der Waals surface area contributed by atoms with Crippen LogP contribution < -0.4 is 14.8 Å². The highest BCUT2D eigenvalue weighted by Crippen LogP contribution is 2.26. The van der Waals surface area contributed by atoms with Crippen LogP contribution in [-0.4, -0.2) is 26.7 Å². The van der Waals surface area contributed by atoms with Gasteiger partial charge >= 0.3 is 0 Å². The van der Waals surface area contributed by atoms with E-state index in [4.69, 9.17) is 9.47 Å². The average Bonchev–Trinajstić information content (AvgIpc) is 2.70. The fourth-order valence-electron chi connectivity index (χ4n) is 3.05. The fourth-order valence-corrected chi connectivity index (χ4v) is 3.05. The van der Waals surface area contributed by atoms with Crippen molar-refractivity contribution in [1.29, 1.82) is 0 Å². The second kappa shape index (κ2) is 8.39. The van der Waals surface area contributed by atoms with Gasteiger partial charge in [0.2, 0.25) is 0 Å². The first-order chi connectivity index (χ1) is 12.7. The van der Waals surface area contributed by atoms with Gasteiger partial charge in [-0.15, -0.1) is 0 Å². The zero-order valence-electron chi connectivity index (χ0n) is 15.1. The van der Waals surface area contributed by atoms with Crippen molar-refractivity contribution in [2.24, 2.45) is 0 Å². The second-order valence-corrected chi connectivity index (χ2v) is 6.07. The molecule has 3 rings (SSSR count). The third kappa shape index (κ3) is 3.97. The Morgan fingerprint density at radius 1 is 0.885 bits per heavy atom. The Kier molecular flexibility index (Phi) is 5.74. The molecule has 3 aromatic rings. The Balaban J connectivity index is 1.64. The highest BCUT2D eigenvalue weighted by Gasteiger charge is 2.13. The topological polar surface area (TPSA) is 47.6 Å². The summed E-state index contributed by atoms with van der Waals surface area (Å²) in [7, 11) is 3.26. The molecule has 1 N–H and O–H groups in total. The van der Waals surface area contributed by atoms with Gasteiger partial charge < -0.3 is 14.8 Å². The fraction of sp³-hybridized carbons (Fsp3) is 0.227. The molecule has 0 atom stereocenters. The molecule has 3 aromatic carbocycles. The van der Waals surface area contributed by atoms with Crippen molar-refractivity contribution in [2.45, 2.75) is 12.8 Å². The molecule has 0 heterocycles. The van der Waals surface area contributed by atoms with E-state index >= 15 is 0 Å². The largest absolute Gasteiger partial charge is 0.496 e. The molecule has 4 heteroatoms. The van der Waals surface area contributed by atoms with Gasteiger partial charge in [-0.2, -0.15) is 0 Å². The molecule has 26 heavy (non-hydrogen) atoms. The summed E-state index contributed by atoms with van der Waals surface area (Å²) in [6, 6.07) is 19.7. The lowest BCUT2D eigenvalue weighted by molar-refractivity contribution is 0.0950. The number of rotatable bonds is 7. The standard InChI is InChI=1S/C22H23NO3/c1-25-20-12-6-5-8-16(20)11-7-13-23-22(24)19-14-17-9-3-4-10-18(17)15-21(19)26-2/h3-6,8-10,12,14-15H,7,11,13H2,1-2H3,(H,23,24). The number of benzene rings is 3. The summed E-state index contributed by atoms with van der Waals surface area (Å²) in [4.78, 5) is 12.6. The number of methoxy groups -OCH3 is 2. The number of carbonyl (C=O) groups excluding carboxylic acids is 1. The van der Waals surface area contributed by atoms with Crippen molar-refractivity contribution < 1.29 is 14.3 Å². The van der Waals surface area contributed by atoms with Crippen LogP contribution in [0.5, 0.6) is 11.5 Å². The van der Waals surface area contributed by atoms with E-state index in [1.54, 1.807) is 14.2 Å². The number of fused-ring (bicyclic) bond motifs is 1. The quantitative estimate of drug-likeness (QED) is 0.650. The number of hydrogen-bond acceptors (Lipinski definition) is 3. The molecule has 0 aliphatic rings. The predicted molar refractivity (Wildman–Crippen MR) is 104 cm³/mol. The van der Waals surface area contributed by atoms with Crippen LogP contribution in [0, 0.1) is 0 Å². The third-order valence-electron chi connectivity index (χ3n) is 4.41. The monoisotopic (exact) mass is 349 g/mol. The van der Waals surface area contributed by atoms with Gasteiger partial charge in [0, 0.05) is 6.54 Å². The lowest BCUT2D eigenvalue weighted by Gasteiger charge is -2.12. The maximum Gasteiger partial charge on any atom is 0.255 e. The molecule has 1 amide bonds. The molecule has 0 radical (unpaired) electrons. The molecule has 0 unspecified atom stereocenters. The van der Waals surface area contributed by atoms with Crippen LogP contribution in [0.1, 0.15) is 22.3 Å². The summed E-state index contributed by atoms with van der Waals surface area (Å²) in [6.45, 7) is 0.590. The average molecular weight is 349 g/mol. The van der Waals surface area contributed by atoms with E-state index in [0.29, 0.717) is 17.9 Å². The first-order valence-electron chi connectivity index (χ1n) is 8.70. The van der Waals surface area contributed by atoms with E-state index in [1.807, 2.05) is 60.7 Å². The van der Waals surface area contributed by atoms with Crippen LogP contribution in [0.4, 0.5) is 0 Å². The molecule has 0 aliphatic heterocycles. The number of para-hydroxylation sites is 1. The normalized spacial score (nSPS) is 10.5. The smallest absolute Gasteiger partial charge is 0.255 e. The van der Waals surface area contributed by atoms with Crippen molar-refractivity contribution in [1.82, 2.24) is 5.32 Å². The maximum atomic E-state index is 12.6. The lowest BCUT2D eigenvalue weighted by Crippen LogP contribution is -2.25. The summed E-state index contributed by atoms with van der Waals surface area (Å²) in [5.41, 5.74) is 1.70.